The topological polar surface area (TPSA) is 74.6 Å². The molecule has 1 aromatic carbocycles. The molecule has 1 saturated carbocycles. The SMILES string of the molecule is Cc1cc(CCCCCCC(C)(C)C(=O)O)cc(CCCCC2(C(=O)O)CC2)c1. The van der Waals surface area contributed by atoms with Crippen LogP contribution in [0.1, 0.15) is 94.7 Å². The van der Waals surface area contributed by atoms with Crippen molar-refractivity contribution >= 4 is 11.9 Å². The standard InChI is InChI=1S/C25H38O4/c1-19-16-20(10-6-4-5-8-12-24(2,3)22(26)27)18-21(17-19)11-7-9-13-25(14-15-25)23(28)29/h16-18H,4-15H2,1-3H3,(H,26,27)(H,28,29). The molecule has 4 nitrogen and oxygen atoms in total. The largest absolute Gasteiger partial charge is 0.481 e. The molecule has 2 N–H and O–H groups in total. The molecule has 0 amide bonds. The second-order valence-electron chi connectivity index (χ2n) is 9.72. The molecule has 1 aliphatic carbocycles. The Bertz CT molecular complexity index is 701. The van der Waals surface area contributed by atoms with E-state index in [4.69, 9.17) is 5.11 Å². The van der Waals surface area contributed by atoms with E-state index in [-0.39, 0.29) is 0 Å². The molecule has 1 aliphatic rings. The molecule has 1 fully saturated rings. The summed E-state index contributed by atoms with van der Waals surface area (Å²) in [5.74, 6) is -1.32. The number of carbonyl (C=O) groups is 2. The Kier molecular flexibility index (Phi) is 8.30. The highest BCUT2D eigenvalue weighted by Crippen LogP contribution is 2.50. The second-order valence-corrected chi connectivity index (χ2v) is 9.72. The number of aliphatic carboxylic acids is 2. The van der Waals surface area contributed by atoms with Gasteiger partial charge in [-0.15, -0.1) is 0 Å². The Labute approximate surface area is 175 Å². The molecule has 4 heteroatoms. The monoisotopic (exact) mass is 402 g/mol. The Morgan fingerprint density at radius 1 is 0.897 bits per heavy atom. The molecule has 1 aromatic rings. The van der Waals surface area contributed by atoms with Crippen LogP contribution in [-0.2, 0) is 22.4 Å². The van der Waals surface area contributed by atoms with E-state index in [1.165, 1.54) is 16.7 Å². The van der Waals surface area contributed by atoms with Gasteiger partial charge < -0.3 is 10.2 Å². The molecular weight excluding hydrogens is 364 g/mol. The summed E-state index contributed by atoms with van der Waals surface area (Å²) in [7, 11) is 0. The molecule has 0 radical (unpaired) electrons. The molecule has 0 unspecified atom stereocenters. The zero-order valence-electron chi connectivity index (χ0n) is 18.4. The summed E-state index contributed by atoms with van der Waals surface area (Å²) < 4.78 is 0. The fraction of sp³-hybridized carbons (Fsp3) is 0.680. The van der Waals surface area contributed by atoms with Gasteiger partial charge in [-0.2, -0.15) is 0 Å². The van der Waals surface area contributed by atoms with E-state index >= 15 is 0 Å². The normalized spacial score (nSPS) is 15.3. The molecule has 0 bridgehead atoms. The van der Waals surface area contributed by atoms with Gasteiger partial charge in [0.2, 0.25) is 0 Å². The van der Waals surface area contributed by atoms with Gasteiger partial charge in [0.25, 0.3) is 0 Å². The molecule has 0 heterocycles. The molecular formula is C25H38O4. The predicted octanol–water partition coefficient (Wildman–Crippen LogP) is 6.18. The number of carboxylic acid groups (broad SMARTS) is 2. The maximum Gasteiger partial charge on any atom is 0.309 e. The van der Waals surface area contributed by atoms with E-state index in [0.717, 1.165) is 77.0 Å². The molecule has 0 atom stereocenters. The number of hydrogen-bond donors (Lipinski definition) is 2. The van der Waals surface area contributed by atoms with Gasteiger partial charge in [0, 0.05) is 0 Å². The maximum absolute atomic E-state index is 11.3. The molecule has 29 heavy (non-hydrogen) atoms. The first-order valence-electron chi connectivity index (χ1n) is 11.2. The van der Waals surface area contributed by atoms with Crippen molar-refractivity contribution in [2.45, 2.75) is 97.8 Å². The van der Waals surface area contributed by atoms with Crippen molar-refractivity contribution in [1.82, 2.24) is 0 Å². The van der Waals surface area contributed by atoms with Crippen LogP contribution in [0.25, 0.3) is 0 Å². The quantitative estimate of drug-likeness (QED) is 0.365. The fourth-order valence-corrected chi connectivity index (χ4v) is 4.11. The summed E-state index contributed by atoms with van der Waals surface area (Å²) in [5, 5.41) is 18.4. The van der Waals surface area contributed by atoms with E-state index in [2.05, 4.69) is 25.1 Å². The van der Waals surface area contributed by atoms with Gasteiger partial charge in [-0.05, 0) is 83.3 Å². The highest BCUT2D eigenvalue weighted by molar-refractivity contribution is 5.77. The van der Waals surface area contributed by atoms with Crippen molar-refractivity contribution in [1.29, 1.82) is 0 Å². The van der Waals surface area contributed by atoms with Crippen molar-refractivity contribution in [3.05, 3.63) is 34.9 Å². The first-order chi connectivity index (χ1) is 13.6. The van der Waals surface area contributed by atoms with Crippen molar-refractivity contribution in [2.75, 3.05) is 0 Å². The van der Waals surface area contributed by atoms with Crippen LogP contribution < -0.4 is 0 Å². The lowest BCUT2D eigenvalue weighted by Gasteiger charge is -2.18. The van der Waals surface area contributed by atoms with Gasteiger partial charge in [0.05, 0.1) is 10.8 Å². The van der Waals surface area contributed by atoms with Gasteiger partial charge in [0.15, 0.2) is 0 Å². The highest BCUT2D eigenvalue weighted by atomic mass is 16.4. The van der Waals surface area contributed by atoms with Crippen LogP contribution in [0.2, 0.25) is 0 Å². The zero-order valence-corrected chi connectivity index (χ0v) is 18.4. The summed E-state index contributed by atoms with van der Waals surface area (Å²) in [5.41, 5.74) is 3.04. The molecule has 162 valence electrons. The van der Waals surface area contributed by atoms with Gasteiger partial charge in [-0.3, -0.25) is 9.59 Å². The number of unbranched alkanes of at least 4 members (excludes halogenated alkanes) is 4. The lowest BCUT2D eigenvalue weighted by Crippen LogP contribution is -2.23. The summed E-state index contributed by atoms with van der Waals surface area (Å²) in [6, 6.07) is 6.83. The van der Waals surface area contributed by atoms with E-state index < -0.39 is 22.8 Å². The van der Waals surface area contributed by atoms with Crippen LogP contribution >= 0.6 is 0 Å². The molecule has 0 aliphatic heterocycles. The fourth-order valence-electron chi connectivity index (χ4n) is 4.11. The van der Waals surface area contributed by atoms with E-state index in [1.54, 1.807) is 13.8 Å². The summed E-state index contributed by atoms with van der Waals surface area (Å²) >= 11 is 0. The highest BCUT2D eigenvalue weighted by Gasteiger charge is 2.49. The average molecular weight is 403 g/mol. The number of hydrogen-bond acceptors (Lipinski definition) is 2. The van der Waals surface area contributed by atoms with Gasteiger partial charge in [0.1, 0.15) is 0 Å². The van der Waals surface area contributed by atoms with Gasteiger partial charge >= 0.3 is 11.9 Å². The van der Waals surface area contributed by atoms with E-state index in [0.29, 0.717) is 0 Å². The second kappa shape index (κ2) is 10.3. The predicted molar refractivity (Wildman–Crippen MR) is 116 cm³/mol. The van der Waals surface area contributed by atoms with Crippen molar-refractivity contribution in [3.63, 3.8) is 0 Å². The molecule has 0 spiro atoms. The molecule has 0 aromatic heterocycles. The van der Waals surface area contributed by atoms with Crippen LogP contribution in [-0.4, -0.2) is 22.2 Å². The van der Waals surface area contributed by atoms with Gasteiger partial charge in [-0.25, -0.2) is 0 Å². The third kappa shape index (κ3) is 7.49. The Morgan fingerprint density at radius 2 is 1.45 bits per heavy atom. The summed E-state index contributed by atoms with van der Waals surface area (Å²) in [6.45, 7) is 5.75. The van der Waals surface area contributed by atoms with E-state index in [9.17, 15) is 14.7 Å². The van der Waals surface area contributed by atoms with E-state index in [1.807, 2.05) is 0 Å². The minimum atomic E-state index is -0.708. The summed E-state index contributed by atoms with van der Waals surface area (Å²) in [6.07, 6.45) is 11.7. The zero-order chi connectivity index (χ0) is 21.5. The Hall–Kier alpha value is -1.84. The van der Waals surface area contributed by atoms with Crippen molar-refractivity contribution in [2.24, 2.45) is 10.8 Å². The van der Waals surface area contributed by atoms with Crippen LogP contribution in [0, 0.1) is 17.8 Å². The molecule has 0 saturated heterocycles. The Morgan fingerprint density at radius 3 is 1.97 bits per heavy atom. The van der Waals surface area contributed by atoms with Crippen LogP contribution in [0.15, 0.2) is 18.2 Å². The maximum atomic E-state index is 11.3. The number of carboxylic acids is 2. The lowest BCUT2D eigenvalue weighted by atomic mass is 9.87. The van der Waals surface area contributed by atoms with Crippen LogP contribution in [0.5, 0.6) is 0 Å². The first kappa shape index (κ1) is 23.4. The third-order valence-corrected chi connectivity index (χ3v) is 6.47. The van der Waals surface area contributed by atoms with Gasteiger partial charge in [-0.1, -0.05) is 49.4 Å². The first-order valence-corrected chi connectivity index (χ1v) is 11.2. The number of aryl methyl sites for hydroxylation is 3. The minimum Gasteiger partial charge on any atom is -0.481 e. The smallest absolute Gasteiger partial charge is 0.309 e. The number of benzene rings is 1. The Balaban J connectivity index is 1.67. The molecule has 2 rings (SSSR count). The number of rotatable bonds is 14. The lowest BCUT2D eigenvalue weighted by molar-refractivity contribution is -0.147. The third-order valence-electron chi connectivity index (χ3n) is 6.47. The van der Waals surface area contributed by atoms with Crippen molar-refractivity contribution < 1.29 is 19.8 Å². The van der Waals surface area contributed by atoms with Crippen LogP contribution in [0.3, 0.4) is 0 Å². The average Bonchev–Trinajstić information content (AvgIpc) is 3.42. The minimum absolute atomic E-state index is 0.391. The van der Waals surface area contributed by atoms with Crippen molar-refractivity contribution in [3.8, 4) is 0 Å². The summed E-state index contributed by atoms with van der Waals surface area (Å²) in [4.78, 5) is 22.4. The van der Waals surface area contributed by atoms with Crippen LogP contribution in [0.4, 0.5) is 0 Å².